The van der Waals surface area contributed by atoms with Gasteiger partial charge in [0.1, 0.15) is 5.82 Å². The van der Waals surface area contributed by atoms with E-state index < -0.39 is 5.82 Å². The number of ether oxygens (including phenoxy) is 1. The summed E-state index contributed by atoms with van der Waals surface area (Å²) in [6.07, 6.45) is 4.27. The SMILES string of the molecule is COCCCn1cc(-c2ccc(C#N)cc2F)cn1. The minimum atomic E-state index is -0.407. The second-order valence-corrected chi connectivity index (χ2v) is 4.14. The molecule has 1 aromatic carbocycles. The fourth-order valence-corrected chi connectivity index (χ4v) is 1.81. The molecule has 0 unspecified atom stereocenters. The van der Waals surface area contributed by atoms with Crippen LogP contribution in [0.3, 0.4) is 0 Å². The zero-order chi connectivity index (χ0) is 13.7. The zero-order valence-electron chi connectivity index (χ0n) is 10.6. The Morgan fingerprint density at radius 2 is 2.32 bits per heavy atom. The average molecular weight is 259 g/mol. The van der Waals surface area contributed by atoms with Crippen molar-refractivity contribution < 1.29 is 9.13 Å². The van der Waals surface area contributed by atoms with Gasteiger partial charge in [0.15, 0.2) is 0 Å². The minimum absolute atomic E-state index is 0.314. The quantitative estimate of drug-likeness (QED) is 0.775. The van der Waals surface area contributed by atoms with Gasteiger partial charge in [0.2, 0.25) is 0 Å². The van der Waals surface area contributed by atoms with Crippen molar-refractivity contribution in [2.75, 3.05) is 13.7 Å². The molecule has 2 aromatic rings. The Hall–Kier alpha value is -2.19. The number of aromatic nitrogens is 2. The molecule has 1 heterocycles. The highest BCUT2D eigenvalue weighted by Crippen LogP contribution is 2.23. The van der Waals surface area contributed by atoms with E-state index in [1.54, 1.807) is 36.3 Å². The second-order valence-electron chi connectivity index (χ2n) is 4.14. The third-order valence-electron chi connectivity index (χ3n) is 2.78. The highest BCUT2D eigenvalue weighted by molar-refractivity contribution is 5.63. The predicted octanol–water partition coefficient (Wildman–Crippen LogP) is 2.60. The summed E-state index contributed by atoms with van der Waals surface area (Å²) in [5.41, 5.74) is 1.48. The fraction of sp³-hybridized carbons (Fsp3) is 0.286. The zero-order valence-corrected chi connectivity index (χ0v) is 10.6. The lowest BCUT2D eigenvalue weighted by Gasteiger charge is -2.01. The van der Waals surface area contributed by atoms with E-state index in [-0.39, 0.29) is 0 Å². The summed E-state index contributed by atoms with van der Waals surface area (Å²) in [6.45, 7) is 1.39. The van der Waals surface area contributed by atoms with Crippen LogP contribution in [0.1, 0.15) is 12.0 Å². The molecule has 0 amide bonds. The van der Waals surface area contributed by atoms with Gasteiger partial charge in [-0.05, 0) is 18.6 Å². The van der Waals surface area contributed by atoms with Crippen molar-refractivity contribution >= 4 is 0 Å². The molecule has 0 saturated heterocycles. The number of hydrogen-bond donors (Lipinski definition) is 0. The number of aryl methyl sites for hydroxylation is 1. The van der Waals surface area contributed by atoms with E-state index in [4.69, 9.17) is 10.00 Å². The van der Waals surface area contributed by atoms with Crippen LogP contribution in [0.4, 0.5) is 4.39 Å². The number of methoxy groups -OCH3 is 1. The molecule has 2 rings (SSSR count). The summed E-state index contributed by atoms with van der Waals surface area (Å²) in [5.74, 6) is -0.407. The van der Waals surface area contributed by atoms with E-state index in [0.29, 0.717) is 23.3 Å². The van der Waals surface area contributed by atoms with Gasteiger partial charge in [-0.25, -0.2) is 4.39 Å². The monoisotopic (exact) mass is 259 g/mol. The largest absolute Gasteiger partial charge is 0.385 e. The second kappa shape index (κ2) is 6.12. The van der Waals surface area contributed by atoms with E-state index in [9.17, 15) is 4.39 Å². The fourth-order valence-electron chi connectivity index (χ4n) is 1.81. The van der Waals surface area contributed by atoms with E-state index in [2.05, 4.69) is 5.10 Å². The molecule has 0 N–H and O–H groups in total. The molecule has 0 radical (unpaired) electrons. The van der Waals surface area contributed by atoms with Gasteiger partial charge in [-0.15, -0.1) is 0 Å². The molecule has 19 heavy (non-hydrogen) atoms. The summed E-state index contributed by atoms with van der Waals surface area (Å²) >= 11 is 0. The average Bonchev–Trinajstić information content (AvgIpc) is 2.87. The van der Waals surface area contributed by atoms with Crippen molar-refractivity contribution in [3.63, 3.8) is 0 Å². The summed E-state index contributed by atoms with van der Waals surface area (Å²) in [5, 5.41) is 12.9. The van der Waals surface area contributed by atoms with E-state index >= 15 is 0 Å². The molecule has 0 fully saturated rings. The number of rotatable bonds is 5. The van der Waals surface area contributed by atoms with Crippen molar-refractivity contribution in [1.82, 2.24) is 9.78 Å². The summed E-state index contributed by atoms with van der Waals surface area (Å²) < 4.78 is 20.6. The Kier molecular flexibility index (Phi) is 4.26. The summed E-state index contributed by atoms with van der Waals surface area (Å²) in [4.78, 5) is 0. The van der Waals surface area contributed by atoms with Crippen LogP contribution in [0.5, 0.6) is 0 Å². The Morgan fingerprint density at radius 3 is 3.00 bits per heavy atom. The lowest BCUT2D eigenvalue weighted by molar-refractivity contribution is 0.189. The van der Waals surface area contributed by atoms with Crippen molar-refractivity contribution in [3.05, 3.63) is 42.0 Å². The Morgan fingerprint density at radius 1 is 1.47 bits per heavy atom. The maximum atomic E-state index is 13.8. The number of hydrogen-bond acceptors (Lipinski definition) is 3. The van der Waals surface area contributed by atoms with E-state index in [0.717, 1.165) is 13.0 Å². The van der Waals surface area contributed by atoms with Gasteiger partial charge in [0.05, 0.1) is 17.8 Å². The highest BCUT2D eigenvalue weighted by atomic mass is 19.1. The van der Waals surface area contributed by atoms with Gasteiger partial charge >= 0.3 is 0 Å². The Bertz CT molecular complexity index is 601. The van der Waals surface area contributed by atoms with Crippen LogP contribution in [0, 0.1) is 17.1 Å². The highest BCUT2D eigenvalue weighted by Gasteiger charge is 2.08. The van der Waals surface area contributed by atoms with Crippen LogP contribution in [-0.4, -0.2) is 23.5 Å². The van der Waals surface area contributed by atoms with Gasteiger partial charge in [0, 0.05) is 37.6 Å². The van der Waals surface area contributed by atoms with Crippen LogP contribution >= 0.6 is 0 Å². The minimum Gasteiger partial charge on any atom is -0.385 e. The molecule has 0 atom stereocenters. The Balaban J connectivity index is 2.16. The standard InChI is InChI=1S/C14H14FN3O/c1-19-6-2-5-18-10-12(9-17-18)13-4-3-11(8-16)7-14(13)15/h3-4,7,9-10H,2,5-6H2,1H3. The summed E-state index contributed by atoms with van der Waals surface area (Å²) in [7, 11) is 1.65. The normalized spacial score (nSPS) is 10.4. The molecular weight excluding hydrogens is 245 g/mol. The third kappa shape index (κ3) is 3.18. The first-order valence-corrected chi connectivity index (χ1v) is 5.96. The predicted molar refractivity (Wildman–Crippen MR) is 68.8 cm³/mol. The van der Waals surface area contributed by atoms with Crippen molar-refractivity contribution in [2.24, 2.45) is 0 Å². The van der Waals surface area contributed by atoms with Gasteiger partial charge in [0.25, 0.3) is 0 Å². The van der Waals surface area contributed by atoms with Crippen molar-refractivity contribution in [3.8, 4) is 17.2 Å². The van der Waals surface area contributed by atoms with Crippen LogP contribution in [0.2, 0.25) is 0 Å². The van der Waals surface area contributed by atoms with Crippen molar-refractivity contribution in [2.45, 2.75) is 13.0 Å². The van der Waals surface area contributed by atoms with Gasteiger partial charge < -0.3 is 4.74 Å². The molecule has 0 bridgehead atoms. The van der Waals surface area contributed by atoms with Gasteiger partial charge in [-0.3, -0.25) is 4.68 Å². The number of nitrogens with zero attached hydrogens (tertiary/aromatic N) is 3. The van der Waals surface area contributed by atoms with Gasteiger partial charge in [-0.2, -0.15) is 10.4 Å². The molecule has 0 aliphatic carbocycles. The van der Waals surface area contributed by atoms with Crippen LogP contribution < -0.4 is 0 Å². The maximum absolute atomic E-state index is 13.8. The molecule has 0 spiro atoms. The lowest BCUT2D eigenvalue weighted by Crippen LogP contribution is -2.01. The van der Waals surface area contributed by atoms with E-state index in [1.807, 2.05) is 6.07 Å². The smallest absolute Gasteiger partial charge is 0.132 e. The molecule has 1 aromatic heterocycles. The van der Waals surface area contributed by atoms with Crippen LogP contribution in [-0.2, 0) is 11.3 Å². The number of benzene rings is 1. The topological polar surface area (TPSA) is 50.8 Å². The van der Waals surface area contributed by atoms with E-state index in [1.165, 1.54) is 6.07 Å². The third-order valence-corrected chi connectivity index (χ3v) is 2.78. The molecule has 98 valence electrons. The first-order valence-electron chi connectivity index (χ1n) is 5.96. The first-order chi connectivity index (χ1) is 9.24. The Labute approximate surface area is 111 Å². The molecule has 0 aliphatic heterocycles. The molecule has 5 heteroatoms. The number of halogens is 1. The van der Waals surface area contributed by atoms with Gasteiger partial charge in [-0.1, -0.05) is 6.07 Å². The molecule has 0 aliphatic rings. The van der Waals surface area contributed by atoms with Crippen molar-refractivity contribution in [1.29, 1.82) is 5.26 Å². The summed E-state index contributed by atoms with van der Waals surface area (Å²) in [6, 6.07) is 6.34. The van der Waals surface area contributed by atoms with Crippen LogP contribution in [0.25, 0.3) is 11.1 Å². The first kappa shape index (κ1) is 13.2. The molecular formula is C14H14FN3O. The molecule has 0 saturated carbocycles. The maximum Gasteiger partial charge on any atom is 0.132 e. The molecule has 4 nitrogen and oxygen atoms in total. The number of nitriles is 1. The van der Waals surface area contributed by atoms with Crippen LogP contribution in [0.15, 0.2) is 30.6 Å². The lowest BCUT2D eigenvalue weighted by atomic mass is 10.1.